The van der Waals surface area contributed by atoms with E-state index in [0.717, 1.165) is 0 Å². The number of aliphatic hydroxyl groups is 1. The highest BCUT2D eigenvalue weighted by molar-refractivity contribution is 6.46. The van der Waals surface area contributed by atoms with E-state index in [0.29, 0.717) is 22.4 Å². The number of halogens is 2. The fourth-order valence-electron chi connectivity index (χ4n) is 3.77. The number of carbonyl (C=O) groups excluding carboxylic acids is 2. The summed E-state index contributed by atoms with van der Waals surface area (Å²) in [5.41, 5.74) is 1.23. The lowest BCUT2D eigenvalue weighted by Crippen LogP contribution is -2.29. The monoisotopic (exact) mass is 467 g/mol. The van der Waals surface area contributed by atoms with Crippen LogP contribution in [0.5, 0.6) is 11.5 Å². The molecule has 0 radical (unpaired) electrons. The Kier molecular flexibility index (Phi) is 6.07. The van der Waals surface area contributed by atoms with Crippen LogP contribution in [0, 0.1) is 5.82 Å². The van der Waals surface area contributed by atoms with Crippen molar-refractivity contribution in [3.05, 3.63) is 99.8 Å². The van der Waals surface area contributed by atoms with E-state index in [1.54, 1.807) is 24.3 Å². The predicted molar refractivity (Wildman–Crippen MR) is 120 cm³/mol. The minimum absolute atomic E-state index is 0.00654. The first kappa shape index (κ1) is 22.4. The van der Waals surface area contributed by atoms with Crippen LogP contribution < -0.4 is 4.74 Å². The van der Waals surface area contributed by atoms with Crippen LogP contribution in [0.15, 0.2) is 72.3 Å². The van der Waals surface area contributed by atoms with E-state index in [2.05, 4.69) is 0 Å². The second-order valence-electron chi connectivity index (χ2n) is 7.49. The van der Waals surface area contributed by atoms with Gasteiger partial charge in [0.25, 0.3) is 11.7 Å². The van der Waals surface area contributed by atoms with Crippen molar-refractivity contribution < 1.29 is 28.9 Å². The van der Waals surface area contributed by atoms with Gasteiger partial charge in [-0.3, -0.25) is 9.59 Å². The molecule has 0 aromatic heterocycles. The maximum atomic E-state index is 13.4. The van der Waals surface area contributed by atoms with Crippen LogP contribution in [-0.4, -0.2) is 33.9 Å². The van der Waals surface area contributed by atoms with Crippen molar-refractivity contribution in [1.29, 1.82) is 0 Å². The first-order valence-electron chi connectivity index (χ1n) is 9.96. The van der Waals surface area contributed by atoms with Crippen LogP contribution in [0.4, 0.5) is 4.39 Å². The molecule has 3 aromatic rings. The summed E-state index contributed by atoms with van der Waals surface area (Å²) in [6.07, 6.45) is 0. The SMILES string of the molecule is COc1ccc(/C(O)=C2/C(=O)C(=O)N(Cc3ccc(F)cc3)C2c2ccc(O)c(Cl)c2)cc1. The highest BCUT2D eigenvalue weighted by Crippen LogP contribution is 2.42. The largest absolute Gasteiger partial charge is 0.507 e. The number of nitrogens with zero attached hydrogens (tertiary/aromatic N) is 1. The van der Waals surface area contributed by atoms with Crippen molar-refractivity contribution in [3.63, 3.8) is 0 Å². The first-order chi connectivity index (χ1) is 15.8. The molecule has 4 rings (SSSR count). The molecule has 8 heteroatoms. The van der Waals surface area contributed by atoms with Crippen molar-refractivity contribution in [2.75, 3.05) is 7.11 Å². The van der Waals surface area contributed by atoms with Gasteiger partial charge in [-0.2, -0.15) is 0 Å². The van der Waals surface area contributed by atoms with Gasteiger partial charge in [0.15, 0.2) is 0 Å². The zero-order chi connectivity index (χ0) is 23.7. The van der Waals surface area contributed by atoms with Crippen LogP contribution in [0.25, 0.3) is 5.76 Å². The van der Waals surface area contributed by atoms with E-state index in [4.69, 9.17) is 16.3 Å². The van der Waals surface area contributed by atoms with Gasteiger partial charge in [-0.15, -0.1) is 0 Å². The van der Waals surface area contributed by atoms with Crippen molar-refractivity contribution in [3.8, 4) is 11.5 Å². The maximum absolute atomic E-state index is 13.4. The van der Waals surface area contributed by atoms with Gasteiger partial charge in [-0.1, -0.05) is 29.8 Å². The average molecular weight is 468 g/mol. The summed E-state index contributed by atoms with van der Waals surface area (Å²) in [5.74, 6) is -2.06. The normalized spacial score (nSPS) is 17.4. The van der Waals surface area contributed by atoms with Crippen LogP contribution in [0.3, 0.4) is 0 Å². The molecule has 1 heterocycles. The standard InChI is InChI=1S/C25H19ClFNO5/c1-33-18-9-4-15(5-10-18)23(30)21-22(16-6-11-20(29)19(26)12-16)28(25(32)24(21)31)13-14-2-7-17(27)8-3-14/h2-12,22,29-30H,13H2,1H3/b23-21-. The summed E-state index contributed by atoms with van der Waals surface area (Å²) in [5, 5.41) is 20.9. The van der Waals surface area contributed by atoms with Crippen molar-refractivity contribution in [2.24, 2.45) is 0 Å². The number of benzene rings is 3. The van der Waals surface area contributed by atoms with Gasteiger partial charge in [0.05, 0.1) is 23.7 Å². The highest BCUT2D eigenvalue weighted by Gasteiger charge is 2.46. The maximum Gasteiger partial charge on any atom is 0.295 e. The third-order valence-electron chi connectivity index (χ3n) is 5.46. The Balaban J connectivity index is 1.85. The number of aromatic hydroxyl groups is 1. The lowest BCUT2D eigenvalue weighted by molar-refractivity contribution is -0.140. The number of hydrogen-bond donors (Lipinski definition) is 2. The molecule has 3 aromatic carbocycles. The van der Waals surface area contributed by atoms with E-state index in [1.165, 1.54) is 54.5 Å². The van der Waals surface area contributed by atoms with Gasteiger partial charge in [0.1, 0.15) is 23.1 Å². The molecular weight excluding hydrogens is 449 g/mol. The lowest BCUT2D eigenvalue weighted by atomic mass is 9.95. The topological polar surface area (TPSA) is 87.1 Å². The molecule has 0 saturated carbocycles. The molecule has 168 valence electrons. The molecule has 0 spiro atoms. The number of hydrogen-bond acceptors (Lipinski definition) is 5. The summed E-state index contributed by atoms with van der Waals surface area (Å²) >= 11 is 6.10. The quantitative estimate of drug-likeness (QED) is 0.319. The summed E-state index contributed by atoms with van der Waals surface area (Å²) in [7, 11) is 1.50. The van der Waals surface area contributed by atoms with Gasteiger partial charge in [0, 0.05) is 12.1 Å². The van der Waals surface area contributed by atoms with Gasteiger partial charge in [0.2, 0.25) is 0 Å². The zero-order valence-electron chi connectivity index (χ0n) is 17.5. The number of aliphatic hydroxyl groups excluding tert-OH is 1. The number of phenolic OH excluding ortho intramolecular Hbond substituents is 1. The molecule has 0 bridgehead atoms. The average Bonchev–Trinajstić information content (AvgIpc) is 3.07. The Bertz CT molecular complexity index is 1250. The number of phenols is 1. The summed E-state index contributed by atoms with van der Waals surface area (Å²) in [6, 6.07) is 15.3. The first-order valence-corrected chi connectivity index (χ1v) is 10.3. The molecule has 1 unspecified atom stereocenters. The van der Waals surface area contributed by atoms with Gasteiger partial charge < -0.3 is 19.8 Å². The molecule has 2 N–H and O–H groups in total. The third-order valence-corrected chi connectivity index (χ3v) is 5.76. The fourth-order valence-corrected chi connectivity index (χ4v) is 3.96. The minimum atomic E-state index is -0.977. The number of methoxy groups -OCH3 is 1. The second kappa shape index (κ2) is 8.96. The number of ether oxygens (including phenoxy) is 1. The van der Waals surface area contributed by atoms with E-state index in [1.807, 2.05) is 0 Å². The number of rotatable bonds is 5. The molecule has 1 saturated heterocycles. The number of ketones is 1. The lowest BCUT2D eigenvalue weighted by Gasteiger charge is -2.25. The molecule has 1 aliphatic heterocycles. The van der Waals surface area contributed by atoms with Crippen LogP contribution in [0.1, 0.15) is 22.7 Å². The van der Waals surface area contributed by atoms with E-state index < -0.39 is 23.5 Å². The Hall–Kier alpha value is -3.84. The number of Topliss-reactive ketones (excluding diaryl/α,β-unsaturated/α-hetero) is 1. The molecule has 1 amide bonds. The molecule has 33 heavy (non-hydrogen) atoms. The van der Waals surface area contributed by atoms with Crippen LogP contribution in [0.2, 0.25) is 5.02 Å². The molecule has 1 aliphatic rings. The Labute approximate surface area is 194 Å². The third kappa shape index (κ3) is 4.27. The number of amides is 1. The van der Waals surface area contributed by atoms with Crippen LogP contribution in [-0.2, 0) is 16.1 Å². The van der Waals surface area contributed by atoms with E-state index in [-0.39, 0.29) is 28.6 Å². The summed E-state index contributed by atoms with van der Waals surface area (Å²) in [4.78, 5) is 27.4. The predicted octanol–water partition coefficient (Wildman–Crippen LogP) is 4.82. The Morgan fingerprint density at radius 2 is 1.73 bits per heavy atom. The fraction of sp³-hybridized carbons (Fsp3) is 0.120. The van der Waals surface area contributed by atoms with Crippen molar-refractivity contribution in [1.82, 2.24) is 4.90 Å². The molecule has 1 atom stereocenters. The molecule has 1 fully saturated rings. The van der Waals surface area contributed by atoms with Crippen LogP contribution >= 0.6 is 11.6 Å². The Morgan fingerprint density at radius 1 is 1.06 bits per heavy atom. The van der Waals surface area contributed by atoms with E-state index in [9.17, 15) is 24.2 Å². The summed E-state index contributed by atoms with van der Waals surface area (Å²) < 4.78 is 18.5. The summed E-state index contributed by atoms with van der Waals surface area (Å²) in [6.45, 7) is -0.00654. The second-order valence-corrected chi connectivity index (χ2v) is 7.90. The highest BCUT2D eigenvalue weighted by atomic mass is 35.5. The van der Waals surface area contributed by atoms with Gasteiger partial charge in [-0.25, -0.2) is 4.39 Å². The van der Waals surface area contributed by atoms with Gasteiger partial charge in [-0.05, 0) is 59.7 Å². The van der Waals surface area contributed by atoms with Crippen molar-refractivity contribution >= 4 is 29.1 Å². The minimum Gasteiger partial charge on any atom is -0.507 e. The molecule has 0 aliphatic carbocycles. The van der Waals surface area contributed by atoms with E-state index >= 15 is 0 Å². The molecule has 6 nitrogen and oxygen atoms in total. The smallest absolute Gasteiger partial charge is 0.295 e. The number of likely N-dealkylation sites (tertiary alicyclic amines) is 1. The molecular formula is C25H19ClFNO5. The van der Waals surface area contributed by atoms with Crippen molar-refractivity contribution in [2.45, 2.75) is 12.6 Å². The van der Waals surface area contributed by atoms with Gasteiger partial charge >= 0.3 is 0 Å². The number of carbonyl (C=O) groups is 2. The Morgan fingerprint density at radius 3 is 2.33 bits per heavy atom. The zero-order valence-corrected chi connectivity index (χ0v) is 18.2.